The summed E-state index contributed by atoms with van der Waals surface area (Å²) in [6, 6.07) is 0. The SMILES string of the molecule is CC(C)CCCC(C)[C@H]1CC[C@H]2[C@@H]3CC=C4C[C@@H](OC(=O)CCC(=O)N(CCCCNCCC(C)(C)N)CCC(C)(C)N)CC[C@]4(C)[C@H]3CC[C@]12C.Cl.Cl.Cl. The highest BCUT2D eigenvalue weighted by Gasteiger charge is 2.59. The Morgan fingerprint density at radius 3 is 2.20 bits per heavy atom. The molecule has 0 aromatic carbocycles. The van der Waals surface area contributed by atoms with Crippen molar-refractivity contribution in [3.8, 4) is 0 Å². The molecule has 324 valence electrons. The van der Waals surface area contributed by atoms with Crippen molar-refractivity contribution in [2.24, 2.45) is 57.8 Å². The van der Waals surface area contributed by atoms with E-state index in [0.29, 0.717) is 18.5 Å². The number of esters is 1. The number of hydrogen-bond acceptors (Lipinski definition) is 6. The average Bonchev–Trinajstić information content (AvgIpc) is 3.41. The fourth-order valence-corrected chi connectivity index (χ4v) is 11.2. The molecule has 4 aliphatic rings. The van der Waals surface area contributed by atoms with Crippen LogP contribution in [0.5, 0.6) is 0 Å². The third-order valence-electron chi connectivity index (χ3n) is 14.5. The second kappa shape index (κ2) is 22.7. The summed E-state index contributed by atoms with van der Waals surface area (Å²) >= 11 is 0. The molecule has 0 heterocycles. The van der Waals surface area contributed by atoms with E-state index in [4.69, 9.17) is 16.2 Å². The van der Waals surface area contributed by atoms with Gasteiger partial charge >= 0.3 is 5.97 Å². The van der Waals surface area contributed by atoms with Gasteiger partial charge in [-0.2, -0.15) is 0 Å². The van der Waals surface area contributed by atoms with E-state index in [9.17, 15) is 9.59 Å². The van der Waals surface area contributed by atoms with Gasteiger partial charge in [0.05, 0.1) is 6.42 Å². The highest BCUT2D eigenvalue weighted by atomic mass is 35.5. The van der Waals surface area contributed by atoms with Crippen LogP contribution in [-0.4, -0.2) is 60.1 Å². The van der Waals surface area contributed by atoms with E-state index in [1.807, 2.05) is 32.6 Å². The Bertz CT molecular complexity index is 1200. The molecule has 0 radical (unpaired) electrons. The number of halogens is 3. The van der Waals surface area contributed by atoms with E-state index in [1.54, 1.807) is 5.57 Å². The Morgan fingerprint density at radius 2 is 1.55 bits per heavy atom. The van der Waals surface area contributed by atoms with Crippen molar-refractivity contribution in [2.75, 3.05) is 26.2 Å². The summed E-state index contributed by atoms with van der Waals surface area (Å²) in [5.41, 5.74) is 14.1. The molecule has 0 bridgehead atoms. The van der Waals surface area contributed by atoms with Gasteiger partial charge < -0.3 is 26.4 Å². The zero-order valence-electron chi connectivity index (χ0n) is 36.5. The minimum atomic E-state index is -0.348. The molecule has 5 N–H and O–H groups in total. The zero-order chi connectivity index (χ0) is 38.3. The molecule has 7 nitrogen and oxygen atoms in total. The Labute approximate surface area is 356 Å². The van der Waals surface area contributed by atoms with Gasteiger partial charge in [-0.05, 0) is 158 Å². The molecule has 0 spiro atoms. The van der Waals surface area contributed by atoms with Gasteiger partial charge in [0.15, 0.2) is 0 Å². The van der Waals surface area contributed by atoms with Crippen molar-refractivity contribution in [1.29, 1.82) is 0 Å². The monoisotopic (exact) mass is 835 g/mol. The second-order valence-corrected chi connectivity index (χ2v) is 20.5. The van der Waals surface area contributed by atoms with Crippen molar-refractivity contribution in [3.63, 3.8) is 0 Å². The first kappa shape index (κ1) is 52.4. The molecule has 0 aromatic heterocycles. The van der Waals surface area contributed by atoms with Gasteiger partial charge in [0.1, 0.15) is 6.10 Å². The van der Waals surface area contributed by atoms with Crippen LogP contribution in [0.25, 0.3) is 0 Å². The number of hydrogen-bond donors (Lipinski definition) is 3. The van der Waals surface area contributed by atoms with E-state index < -0.39 is 0 Å². The molecule has 10 heteroatoms. The van der Waals surface area contributed by atoms with Crippen molar-refractivity contribution in [3.05, 3.63) is 11.6 Å². The molecule has 3 saturated carbocycles. The lowest BCUT2D eigenvalue weighted by Gasteiger charge is -2.58. The van der Waals surface area contributed by atoms with Crippen molar-refractivity contribution < 1.29 is 14.3 Å². The fourth-order valence-electron chi connectivity index (χ4n) is 11.2. The standard InChI is InChI=1S/C45H82N4O3.3ClH/c1-32(2)13-12-14-33(3)37-17-18-38-36-16-15-34-31-35(21-23-44(34,8)39(36)22-24-45(37,38)9)52-41(51)20-19-40(50)49(30-26-43(6,7)47)29-11-10-27-48-28-25-42(4,5)46;;;/h15,32-33,35-39,48H,10-14,16-31,46-47H2,1-9H3;3*1H/t33?,35-,36-,37+,38-,39-,44-,45+;;;/m0.../s1. The van der Waals surface area contributed by atoms with Crippen LogP contribution in [0.3, 0.4) is 0 Å². The summed E-state index contributed by atoms with van der Waals surface area (Å²) in [4.78, 5) is 28.4. The maximum Gasteiger partial charge on any atom is 0.306 e. The molecule has 4 aliphatic carbocycles. The number of allylic oxidation sites excluding steroid dienone is 1. The average molecular weight is 837 g/mol. The molecular formula is C45H85Cl3N4O3. The molecular weight excluding hydrogens is 751 g/mol. The maximum absolute atomic E-state index is 13.4. The number of carbonyl (C=O) groups is 2. The number of ether oxygens (including phenoxy) is 1. The molecule has 0 aliphatic heterocycles. The lowest BCUT2D eigenvalue weighted by molar-refractivity contribution is -0.153. The number of unbranched alkanes of at least 4 members (excludes halogenated alkanes) is 1. The highest BCUT2D eigenvalue weighted by Crippen LogP contribution is 2.67. The Balaban J connectivity index is 0.00000504. The maximum atomic E-state index is 13.4. The highest BCUT2D eigenvalue weighted by molar-refractivity contribution is 5.86. The normalized spacial score (nSPS) is 29.3. The predicted molar refractivity (Wildman–Crippen MR) is 238 cm³/mol. The smallest absolute Gasteiger partial charge is 0.306 e. The van der Waals surface area contributed by atoms with E-state index >= 15 is 0 Å². The van der Waals surface area contributed by atoms with Crippen LogP contribution in [0.1, 0.15) is 171 Å². The minimum absolute atomic E-state index is 0. The Hall–Kier alpha value is -0.570. The summed E-state index contributed by atoms with van der Waals surface area (Å²) in [5, 5.41) is 3.47. The number of amides is 1. The van der Waals surface area contributed by atoms with Gasteiger partial charge in [-0.15, -0.1) is 37.2 Å². The molecule has 4 rings (SSSR count). The molecule has 8 atom stereocenters. The molecule has 3 fully saturated rings. The van der Waals surface area contributed by atoms with Gasteiger partial charge in [-0.25, -0.2) is 0 Å². The van der Waals surface area contributed by atoms with Crippen molar-refractivity contribution >= 4 is 49.1 Å². The molecule has 0 aromatic rings. The van der Waals surface area contributed by atoms with E-state index in [1.165, 1.54) is 51.4 Å². The van der Waals surface area contributed by atoms with E-state index in [-0.39, 0.29) is 84.5 Å². The summed E-state index contributed by atoms with van der Waals surface area (Å²) < 4.78 is 6.11. The Kier molecular flexibility index (Phi) is 21.7. The second-order valence-electron chi connectivity index (χ2n) is 20.5. The number of nitrogens with two attached hydrogens (primary N) is 2. The lowest BCUT2D eigenvalue weighted by Crippen LogP contribution is -2.51. The number of rotatable bonds is 20. The third kappa shape index (κ3) is 14.9. The summed E-state index contributed by atoms with van der Waals surface area (Å²) in [6.45, 7) is 23.7. The van der Waals surface area contributed by atoms with Crippen LogP contribution < -0.4 is 16.8 Å². The van der Waals surface area contributed by atoms with Crippen LogP contribution in [0.4, 0.5) is 0 Å². The number of nitrogens with one attached hydrogen (secondary N) is 1. The topological polar surface area (TPSA) is 111 Å². The van der Waals surface area contributed by atoms with Crippen LogP contribution in [0.2, 0.25) is 0 Å². The van der Waals surface area contributed by atoms with E-state index in [2.05, 4.69) is 46.0 Å². The largest absolute Gasteiger partial charge is 0.462 e. The molecule has 55 heavy (non-hydrogen) atoms. The van der Waals surface area contributed by atoms with Gasteiger partial charge in [0.2, 0.25) is 5.91 Å². The van der Waals surface area contributed by atoms with Crippen molar-refractivity contribution in [1.82, 2.24) is 10.2 Å². The Morgan fingerprint density at radius 1 is 0.855 bits per heavy atom. The predicted octanol–water partition coefficient (Wildman–Crippen LogP) is 10.4. The molecule has 1 unspecified atom stereocenters. The zero-order valence-corrected chi connectivity index (χ0v) is 39.0. The number of carbonyl (C=O) groups excluding carboxylic acids is 2. The van der Waals surface area contributed by atoms with Crippen LogP contribution in [0.15, 0.2) is 11.6 Å². The van der Waals surface area contributed by atoms with Gasteiger partial charge in [0, 0.05) is 37.0 Å². The molecule has 1 amide bonds. The van der Waals surface area contributed by atoms with Gasteiger partial charge in [0.25, 0.3) is 0 Å². The van der Waals surface area contributed by atoms with Crippen LogP contribution in [0, 0.1) is 46.3 Å². The lowest BCUT2D eigenvalue weighted by atomic mass is 9.47. The first-order valence-electron chi connectivity index (χ1n) is 21.8. The fraction of sp³-hybridized carbons (Fsp3) is 0.911. The minimum Gasteiger partial charge on any atom is -0.462 e. The quantitative estimate of drug-likeness (QED) is 0.0640. The molecule has 0 saturated heterocycles. The van der Waals surface area contributed by atoms with Crippen LogP contribution >= 0.6 is 37.2 Å². The third-order valence-corrected chi connectivity index (χ3v) is 14.5. The number of fused-ring (bicyclic) bond motifs is 5. The van der Waals surface area contributed by atoms with E-state index in [0.717, 1.165) is 93.5 Å². The van der Waals surface area contributed by atoms with Crippen molar-refractivity contribution in [2.45, 2.75) is 189 Å². The van der Waals surface area contributed by atoms with Gasteiger partial charge in [-0.1, -0.05) is 65.5 Å². The summed E-state index contributed by atoms with van der Waals surface area (Å²) in [7, 11) is 0. The first-order chi connectivity index (χ1) is 24.3. The van der Waals surface area contributed by atoms with Gasteiger partial charge in [-0.3, -0.25) is 9.59 Å². The van der Waals surface area contributed by atoms with Crippen LogP contribution in [-0.2, 0) is 14.3 Å². The first-order valence-corrected chi connectivity index (χ1v) is 21.8. The summed E-state index contributed by atoms with van der Waals surface area (Å²) in [6.07, 6.45) is 20.3. The summed E-state index contributed by atoms with van der Waals surface area (Å²) in [5.74, 6) is 4.75. The number of nitrogens with zero attached hydrogens (tertiary/aromatic N) is 1.